The highest BCUT2D eigenvalue weighted by molar-refractivity contribution is 7.92. The zero-order chi connectivity index (χ0) is 14.8. The van der Waals surface area contributed by atoms with Gasteiger partial charge in [0.25, 0.3) is 10.0 Å². The largest absolute Gasteiger partial charge is 0.278 e. The molecule has 1 heterocycles. The van der Waals surface area contributed by atoms with Gasteiger partial charge in [-0.25, -0.2) is 13.4 Å². The van der Waals surface area contributed by atoms with Gasteiger partial charge in [-0.05, 0) is 30.3 Å². The number of rotatable bonds is 3. The van der Waals surface area contributed by atoms with Gasteiger partial charge in [0.2, 0.25) is 0 Å². The Kier molecular flexibility index (Phi) is 4.14. The highest BCUT2D eigenvalue weighted by atomic mass is 35.5. The standard InChI is InChI=1S/C12H7Cl2N3O2S/c13-9-4-3-8(7-15)10(6-9)17-20(18,19)11-2-1-5-16-12(11)14/h1-6,17H. The number of nitrogens with zero attached hydrogens (tertiary/aromatic N) is 2. The van der Waals surface area contributed by atoms with Crippen molar-refractivity contribution < 1.29 is 8.42 Å². The van der Waals surface area contributed by atoms with Gasteiger partial charge in [0.1, 0.15) is 16.1 Å². The molecule has 1 N–H and O–H groups in total. The smallest absolute Gasteiger partial charge is 0.265 e. The van der Waals surface area contributed by atoms with E-state index in [1.807, 2.05) is 6.07 Å². The first kappa shape index (κ1) is 14.6. The van der Waals surface area contributed by atoms with Crippen LogP contribution in [0.5, 0.6) is 0 Å². The third-order valence-electron chi connectivity index (χ3n) is 2.36. The number of hydrogen-bond acceptors (Lipinski definition) is 4. The summed E-state index contributed by atoms with van der Waals surface area (Å²) in [5, 5.41) is 9.12. The summed E-state index contributed by atoms with van der Waals surface area (Å²) in [7, 11) is -3.95. The van der Waals surface area contributed by atoms with Crippen molar-refractivity contribution in [3.05, 3.63) is 52.3 Å². The Hall–Kier alpha value is -1.81. The molecule has 2 rings (SSSR count). The molecule has 0 spiro atoms. The number of halogens is 2. The fourth-order valence-electron chi connectivity index (χ4n) is 1.47. The SMILES string of the molecule is N#Cc1ccc(Cl)cc1NS(=O)(=O)c1cccnc1Cl. The first-order valence-electron chi connectivity index (χ1n) is 5.27. The van der Waals surface area contributed by atoms with E-state index in [1.165, 1.54) is 36.5 Å². The van der Waals surface area contributed by atoms with Crippen LogP contribution in [0, 0.1) is 11.3 Å². The first-order valence-corrected chi connectivity index (χ1v) is 7.51. The Labute approximate surface area is 125 Å². The number of sulfonamides is 1. The predicted octanol–water partition coefficient (Wildman–Crippen LogP) is 3.06. The van der Waals surface area contributed by atoms with Gasteiger partial charge >= 0.3 is 0 Å². The zero-order valence-electron chi connectivity index (χ0n) is 9.84. The van der Waals surface area contributed by atoms with Crippen LogP contribution in [0.1, 0.15) is 5.56 Å². The predicted molar refractivity (Wildman–Crippen MR) is 76.2 cm³/mol. The lowest BCUT2D eigenvalue weighted by atomic mass is 10.2. The highest BCUT2D eigenvalue weighted by Crippen LogP contribution is 2.25. The van der Waals surface area contributed by atoms with E-state index in [2.05, 4.69) is 9.71 Å². The molecule has 8 heteroatoms. The van der Waals surface area contributed by atoms with Crippen LogP contribution in [-0.4, -0.2) is 13.4 Å². The Morgan fingerprint density at radius 1 is 1.25 bits per heavy atom. The number of anilines is 1. The van der Waals surface area contributed by atoms with Gasteiger partial charge in [-0.1, -0.05) is 23.2 Å². The molecule has 5 nitrogen and oxygen atoms in total. The summed E-state index contributed by atoms with van der Waals surface area (Å²) >= 11 is 11.6. The van der Waals surface area contributed by atoms with Crippen molar-refractivity contribution >= 4 is 38.9 Å². The molecule has 0 aliphatic rings. The average Bonchev–Trinajstić information content (AvgIpc) is 2.39. The van der Waals surface area contributed by atoms with Crippen LogP contribution in [0.25, 0.3) is 0 Å². The van der Waals surface area contributed by atoms with Gasteiger partial charge < -0.3 is 0 Å². The fourth-order valence-corrected chi connectivity index (χ4v) is 3.17. The van der Waals surface area contributed by atoms with E-state index >= 15 is 0 Å². The van der Waals surface area contributed by atoms with E-state index in [4.69, 9.17) is 28.5 Å². The number of aromatic nitrogens is 1. The van der Waals surface area contributed by atoms with Crippen molar-refractivity contribution in [1.29, 1.82) is 5.26 Å². The second kappa shape index (κ2) is 5.67. The molecule has 0 saturated heterocycles. The summed E-state index contributed by atoms with van der Waals surface area (Å²) in [6.45, 7) is 0. The van der Waals surface area contributed by atoms with Gasteiger partial charge in [-0.3, -0.25) is 4.72 Å². The van der Waals surface area contributed by atoms with E-state index in [9.17, 15) is 8.42 Å². The quantitative estimate of drug-likeness (QED) is 0.878. The summed E-state index contributed by atoms with van der Waals surface area (Å²) in [6.07, 6.45) is 1.38. The maximum atomic E-state index is 12.2. The third-order valence-corrected chi connectivity index (χ3v) is 4.41. The summed E-state index contributed by atoms with van der Waals surface area (Å²) in [4.78, 5) is 3.53. The van der Waals surface area contributed by atoms with Crippen LogP contribution in [0.15, 0.2) is 41.4 Å². The van der Waals surface area contributed by atoms with E-state index in [-0.39, 0.29) is 21.3 Å². The van der Waals surface area contributed by atoms with Gasteiger partial charge in [-0.2, -0.15) is 5.26 Å². The third kappa shape index (κ3) is 3.02. The summed E-state index contributed by atoms with van der Waals surface area (Å²) in [5.74, 6) is 0. The molecule has 20 heavy (non-hydrogen) atoms. The molecule has 102 valence electrons. The Bertz CT molecular complexity index is 801. The van der Waals surface area contributed by atoms with Crippen LogP contribution < -0.4 is 4.72 Å². The topological polar surface area (TPSA) is 82.9 Å². The number of nitrogens with one attached hydrogen (secondary N) is 1. The van der Waals surface area contributed by atoms with Gasteiger partial charge in [0.15, 0.2) is 0 Å². The molecule has 0 amide bonds. The lowest BCUT2D eigenvalue weighted by Gasteiger charge is -2.10. The number of pyridine rings is 1. The Morgan fingerprint density at radius 3 is 2.65 bits per heavy atom. The number of nitriles is 1. The molecule has 0 aliphatic carbocycles. The van der Waals surface area contributed by atoms with Crippen molar-refractivity contribution in [2.24, 2.45) is 0 Å². The lowest BCUT2D eigenvalue weighted by molar-refractivity contribution is 0.601. The molecular weight excluding hydrogens is 321 g/mol. The van der Waals surface area contributed by atoms with Gasteiger partial charge in [0.05, 0.1) is 11.3 Å². The minimum absolute atomic E-state index is 0.0833. The molecule has 0 saturated carbocycles. The lowest BCUT2D eigenvalue weighted by Crippen LogP contribution is -2.14. The van der Waals surface area contributed by atoms with Crippen molar-refractivity contribution in [2.45, 2.75) is 4.90 Å². The maximum absolute atomic E-state index is 12.2. The summed E-state index contributed by atoms with van der Waals surface area (Å²) < 4.78 is 26.7. The van der Waals surface area contributed by atoms with Crippen LogP contribution in [-0.2, 0) is 10.0 Å². The van der Waals surface area contributed by atoms with E-state index in [1.54, 1.807) is 0 Å². The highest BCUT2D eigenvalue weighted by Gasteiger charge is 2.20. The summed E-state index contributed by atoms with van der Waals surface area (Å²) in [5.41, 5.74) is 0.234. The molecule has 0 radical (unpaired) electrons. The molecular formula is C12H7Cl2N3O2S. The zero-order valence-corrected chi connectivity index (χ0v) is 12.2. The number of hydrogen-bond donors (Lipinski definition) is 1. The van der Waals surface area contributed by atoms with Gasteiger partial charge in [-0.15, -0.1) is 0 Å². The number of benzene rings is 1. The molecule has 0 bridgehead atoms. The van der Waals surface area contributed by atoms with Crippen molar-refractivity contribution in [3.63, 3.8) is 0 Å². The van der Waals surface area contributed by atoms with Crippen LogP contribution in [0.4, 0.5) is 5.69 Å². The molecule has 1 aromatic carbocycles. The van der Waals surface area contributed by atoms with E-state index in [0.717, 1.165) is 0 Å². The fraction of sp³-hybridized carbons (Fsp3) is 0. The molecule has 2 aromatic rings. The van der Waals surface area contributed by atoms with E-state index in [0.29, 0.717) is 5.02 Å². The molecule has 0 atom stereocenters. The van der Waals surface area contributed by atoms with Gasteiger partial charge in [0, 0.05) is 11.2 Å². The normalized spacial score (nSPS) is 10.8. The van der Waals surface area contributed by atoms with Crippen LogP contribution >= 0.6 is 23.2 Å². The molecule has 0 aliphatic heterocycles. The minimum atomic E-state index is -3.95. The van der Waals surface area contributed by atoms with Crippen molar-refractivity contribution in [2.75, 3.05) is 4.72 Å². The Morgan fingerprint density at radius 2 is 2.00 bits per heavy atom. The maximum Gasteiger partial charge on any atom is 0.265 e. The summed E-state index contributed by atoms with van der Waals surface area (Å²) in [6, 6.07) is 8.90. The second-order valence-electron chi connectivity index (χ2n) is 3.70. The van der Waals surface area contributed by atoms with Crippen molar-refractivity contribution in [1.82, 2.24) is 4.98 Å². The average molecular weight is 328 g/mol. The minimum Gasteiger partial charge on any atom is -0.278 e. The monoisotopic (exact) mass is 327 g/mol. The second-order valence-corrected chi connectivity index (χ2v) is 6.14. The van der Waals surface area contributed by atoms with E-state index < -0.39 is 10.0 Å². The molecule has 0 unspecified atom stereocenters. The Balaban J connectivity index is 2.47. The molecule has 1 aromatic heterocycles. The molecule has 0 fully saturated rings. The van der Waals surface area contributed by atoms with Crippen molar-refractivity contribution in [3.8, 4) is 6.07 Å². The first-order chi connectivity index (χ1) is 9.44. The van der Waals surface area contributed by atoms with Crippen LogP contribution in [0.2, 0.25) is 10.2 Å². The van der Waals surface area contributed by atoms with Crippen LogP contribution in [0.3, 0.4) is 0 Å².